The summed E-state index contributed by atoms with van der Waals surface area (Å²) in [7, 11) is 3.03. The van der Waals surface area contributed by atoms with Crippen LogP contribution in [0.3, 0.4) is 0 Å². The van der Waals surface area contributed by atoms with E-state index in [1.165, 1.54) is 21.1 Å². The maximum absolute atomic E-state index is 11.4. The minimum atomic E-state index is -0.506. The highest BCUT2D eigenvalue weighted by molar-refractivity contribution is 5.93. The summed E-state index contributed by atoms with van der Waals surface area (Å²) < 4.78 is 14.7. The molecule has 1 aromatic rings. The van der Waals surface area contributed by atoms with E-state index in [-0.39, 0.29) is 6.61 Å². The van der Waals surface area contributed by atoms with Crippen molar-refractivity contribution in [3.8, 4) is 11.5 Å². The first-order chi connectivity index (χ1) is 8.55. The first-order valence-corrected chi connectivity index (χ1v) is 5.21. The van der Waals surface area contributed by atoms with Crippen molar-refractivity contribution in [2.45, 2.75) is 6.92 Å². The van der Waals surface area contributed by atoms with Gasteiger partial charge in [0.05, 0.1) is 14.2 Å². The average molecular weight is 253 g/mol. The van der Waals surface area contributed by atoms with Crippen LogP contribution in [0.5, 0.6) is 11.5 Å². The Hall–Kier alpha value is -2.24. The van der Waals surface area contributed by atoms with Gasteiger partial charge in [-0.2, -0.15) is 0 Å². The predicted octanol–water partition coefficient (Wildman–Crippen LogP) is 1.21. The van der Waals surface area contributed by atoms with Crippen LogP contribution in [0, 0.1) is 0 Å². The second-order valence-electron chi connectivity index (χ2n) is 3.43. The van der Waals surface area contributed by atoms with Crippen LogP contribution in [0.4, 0.5) is 5.69 Å². The standard InChI is InChI=1S/C12H15NO5/c1-8(14)18-7-12(15)13-9-4-10(16-2)6-11(5-9)17-3/h4-6H,7H2,1-3H3,(H,13,15). The number of methoxy groups -OCH3 is 2. The predicted molar refractivity (Wildman–Crippen MR) is 64.8 cm³/mol. The molecule has 0 aliphatic rings. The highest BCUT2D eigenvalue weighted by Crippen LogP contribution is 2.25. The number of amides is 1. The van der Waals surface area contributed by atoms with Crippen molar-refractivity contribution in [2.75, 3.05) is 26.1 Å². The third-order valence-corrected chi connectivity index (χ3v) is 2.04. The second-order valence-corrected chi connectivity index (χ2v) is 3.43. The Labute approximate surface area is 105 Å². The number of carbonyl (C=O) groups is 2. The second kappa shape index (κ2) is 6.48. The van der Waals surface area contributed by atoms with E-state index < -0.39 is 11.9 Å². The highest BCUT2D eigenvalue weighted by Gasteiger charge is 2.07. The fourth-order valence-electron chi connectivity index (χ4n) is 1.24. The quantitative estimate of drug-likeness (QED) is 0.798. The third-order valence-electron chi connectivity index (χ3n) is 2.04. The summed E-state index contributed by atoms with van der Waals surface area (Å²) in [5, 5.41) is 2.57. The van der Waals surface area contributed by atoms with Gasteiger partial charge in [-0.05, 0) is 0 Å². The number of ether oxygens (including phenoxy) is 3. The van der Waals surface area contributed by atoms with E-state index in [1.54, 1.807) is 18.2 Å². The Kier molecular flexibility index (Phi) is 4.98. The van der Waals surface area contributed by atoms with E-state index in [1.807, 2.05) is 0 Å². The molecule has 1 N–H and O–H groups in total. The topological polar surface area (TPSA) is 73.9 Å². The van der Waals surface area contributed by atoms with Gasteiger partial charge in [0.1, 0.15) is 11.5 Å². The van der Waals surface area contributed by atoms with E-state index in [9.17, 15) is 9.59 Å². The molecule has 0 bridgehead atoms. The van der Waals surface area contributed by atoms with Crippen LogP contribution < -0.4 is 14.8 Å². The fraction of sp³-hybridized carbons (Fsp3) is 0.333. The van der Waals surface area contributed by atoms with Gasteiger partial charge in [0, 0.05) is 30.8 Å². The van der Waals surface area contributed by atoms with Crippen molar-refractivity contribution in [3.05, 3.63) is 18.2 Å². The number of benzene rings is 1. The maximum Gasteiger partial charge on any atom is 0.303 e. The largest absolute Gasteiger partial charge is 0.497 e. The Morgan fingerprint density at radius 2 is 1.67 bits per heavy atom. The van der Waals surface area contributed by atoms with Crippen LogP contribution in [-0.4, -0.2) is 32.7 Å². The van der Waals surface area contributed by atoms with Gasteiger partial charge in [-0.15, -0.1) is 0 Å². The fourth-order valence-corrected chi connectivity index (χ4v) is 1.24. The summed E-state index contributed by atoms with van der Waals surface area (Å²) in [6.07, 6.45) is 0. The summed E-state index contributed by atoms with van der Waals surface area (Å²) in [6.45, 7) is 0.913. The summed E-state index contributed by atoms with van der Waals surface area (Å²) in [5.74, 6) is 0.170. The van der Waals surface area contributed by atoms with Crippen LogP contribution in [0.2, 0.25) is 0 Å². The number of rotatable bonds is 5. The lowest BCUT2D eigenvalue weighted by atomic mass is 10.2. The third kappa shape index (κ3) is 4.32. The molecule has 6 nitrogen and oxygen atoms in total. The molecule has 0 saturated heterocycles. The van der Waals surface area contributed by atoms with Gasteiger partial charge >= 0.3 is 5.97 Å². The maximum atomic E-state index is 11.4. The van der Waals surface area contributed by atoms with Gasteiger partial charge in [-0.1, -0.05) is 0 Å². The Morgan fingerprint density at radius 3 is 2.11 bits per heavy atom. The molecule has 0 spiro atoms. The van der Waals surface area contributed by atoms with E-state index in [2.05, 4.69) is 10.1 Å². The van der Waals surface area contributed by atoms with Crippen LogP contribution in [0.15, 0.2) is 18.2 Å². The van der Waals surface area contributed by atoms with Gasteiger partial charge in [0.2, 0.25) is 0 Å². The number of esters is 1. The zero-order chi connectivity index (χ0) is 13.5. The number of hydrogen-bond acceptors (Lipinski definition) is 5. The Morgan fingerprint density at radius 1 is 1.11 bits per heavy atom. The molecule has 0 saturated carbocycles. The zero-order valence-corrected chi connectivity index (χ0v) is 10.5. The zero-order valence-electron chi connectivity index (χ0n) is 10.5. The van der Waals surface area contributed by atoms with E-state index >= 15 is 0 Å². The van der Waals surface area contributed by atoms with Crippen molar-refractivity contribution >= 4 is 17.6 Å². The van der Waals surface area contributed by atoms with E-state index in [0.29, 0.717) is 17.2 Å². The van der Waals surface area contributed by atoms with Crippen LogP contribution in [0.25, 0.3) is 0 Å². The minimum Gasteiger partial charge on any atom is -0.497 e. The van der Waals surface area contributed by atoms with E-state index in [4.69, 9.17) is 9.47 Å². The molecule has 6 heteroatoms. The summed E-state index contributed by atoms with van der Waals surface area (Å²) in [6, 6.07) is 4.95. The molecule has 0 fully saturated rings. The molecule has 18 heavy (non-hydrogen) atoms. The van der Waals surface area contributed by atoms with Crippen molar-refractivity contribution in [1.82, 2.24) is 0 Å². The smallest absolute Gasteiger partial charge is 0.303 e. The van der Waals surface area contributed by atoms with Crippen molar-refractivity contribution in [1.29, 1.82) is 0 Å². The SMILES string of the molecule is COc1cc(NC(=O)COC(C)=O)cc(OC)c1. The van der Waals surface area contributed by atoms with Gasteiger partial charge in [0.25, 0.3) is 5.91 Å². The van der Waals surface area contributed by atoms with Crippen molar-refractivity contribution in [2.24, 2.45) is 0 Å². The lowest BCUT2D eigenvalue weighted by Gasteiger charge is -2.09. The van der Waals surface area contributed by atoms with Gasteiger partial charge in [0.15, 0.2) is 6.61 Å². The first kappa shape index (κ1) is 13.8. The van der Waals surface area contributed by atoms with Gasteiger partial charge in [-0.3, -0.25) is 9.59 Å². The lowest BCUT2D eigenvalue weighted by Crippen LogP contribution is -2.19. The normalized spacial score (nSPS) is 9.50. The first-order valence-electron chi connectivity index (χ1n) is 5.21. The van der Waals surface area contributed by atoms with Crippen molar-refractivity contribution in [3.63, 3.8) is 0 Å². The van der Waals surface area contributed by atoms with Crippen LogP contribution in [-0.2, 0) is 14.3 Å². The molecule has 1 aromatic carbocycles. The molecule has 98 valence electrons. The lowest BCUT2D eigenvalue weighted by molar-refractivity contribution is -0.144. The van der Waals surface area contributed by atoms with Gasteiger partial charge in [-0.25, -0.2) is 0 Å². The molecule has 1 rings (SSSR count). The van der Waals surface area contributed by atoms with Gasteiger partial charge < -0.3 is 19.5 Å². The monoisotopic (exact) mass is 253 g/mol. The molecule has 0 heterocycles. The van der Waals surface area contributed by atoms with Crippen LogP contribution in [0.1, 0.15) is 6.92 Å². The summed E-state index contributed by atoms with van der Waals surface area (Å²) >= 11 is 0. The Balaban J connectivity index is 2.71. The highest BCUT2D eigenvalue weighted by atomic mass is 16.5. The van der Waals surface area contributed by atoms with Crippen molar-refractivity contribution < 1.29 is 23.8 Å². The summed E-state index contributed by atoms with van der Waals surface area (Å²) in [5.41, 5.74) is 0.503. The molecule has 0 atom stereocenters. The number of carbonyl (C=O) groups excluding carboxylic acids is 2. The molecule has 0 radical (unpaired) electrons. The number of nitrogens with one attached hydrogen (secondary N) is 1. The Bertz CT molecular complexity index is 422. The van der Waals surface area contributed by atoms with Crippen LogP contribution >= 0.6 is 0 Å². The molecule has 0 aliphatic heterocycles. The summed E-state index contributed by atoms with van der Waals surface area (Å²) in [4.78, 5) is 22.0. The molecule has 0 aromatic heterocycles. The average Bonchev–Trinajstić information content (AvgIpc) is 2.35. The molecular formula is C12H15NO5. The number of anilines is 1. The molecule has 1 amide bonds. The molecule has 0 aliphatic carbocycles. The minimum absolute atomic E-state index is 0.325. The number of hydrogen-bond donors (Lipinski definition) is 1. The molecular weight excluding hydrogens is 238 g/mol. The van der Waals surface area contributed by atoms with E-state index in [0.717, 1.165) is 0 Å². The molecule has 0 unspecified atom stereocenters.